The van der Waals surface area contributed by atoms with E-state index in [-0.39, 0.29) is 5.97 Å². The Morgan fingerprint density at radius 2 is 2.16 bits per heavy atom. The smallest absolute Gasteiger partial charge is 0.337 e. The molecule has 4 rings (SSSR count). The number of methoxy groups -OCH3 is 1. The van der Waals surface area contributed by atoms with Crippen LogP contribution in [0.15, 0.2) is 54.0 Å². The van der Waals surface area contributed by atoms with Crippen LogP contribution in [0.5, 0.6) is 0 Å². The van der Waals surface area contributed by atoms with Crippen LogP contribution in [-0.4, -0.2) is 28.0 Å². The number of thiazole rings is 1. The lowest BCUT2D eigenvalue weighted by molar-refractivity contribution is 0.0601. The summed E-state index contributed by atoms with van der Waals surface area (Å²) in [5.41, 5.74) is 4.05. The summed E-state index contributed by atoms with van der Waals surface area (Å²) in [5, 5.41) is 6.10. The highest BCUT2D eigenvalue weighted by molar-refractivity contribution is 7.13. The van der Waals surface area contributed by atoms with Crippen molar-refractivity contribution < 1.29 is 9.53 Å². The monoisotopic (exact) mass is 350 g/mol. The number of anilines is 2. The number of H-pyrrole nitrogens is 1. The van der Waals surface area contributed by atoms with E-state index in [1.165, 1.54) is 7.11 Å². The summed E-state index contributed by atoms with van der Waals surface area (Å²) >= 11 is 1.60. The van der Waals surface area contributed by atoms with Gasteiger partial charge in [-0.1, -0.05) is 6.07 Å². The first-order valence-electron chi connectivity index (χ1n) is 7.58. The van der Waals surface area contributed by atoms with E-state index < -0.39 is 0 Å². The van der Waals surface area contributed by atoms with Gasteiger partial charge in [0.05, 0.1) is 23.7 Å². The summed E-state index contributed by atoms with van der Waals surface area (Å²) in [6, 6.07) is 13.1. The number of fused-ring (bicyclic) bond motifs is 1. The fourth-order valence-electron chi connectivity index (χ4n) is 2.55. The maximum Gasteiger partial charge on any atom is 0.337 e. The van der Waals surface area contributed by atoms with Gasteiger partial charge in [0, 0.05) is 22.8 Å². The number of carbonyl (C=O) groups excluding carboxylic acids is 1. The van der Waals surface area contributed by atoms with Crippen molar-refractivity contribution in [1.29, 1.82) is 0 Å². The average Bonchev–Trinajstić information content (AvgIpc) is 3.29. The van der Waals surface area contributed by atoms with Gasteiger partial charge in [0.15, 0.2) is 0 Å². The molecule has 0 radical (unpaired) electrons. The summed E-state index contributed by atoms with van der Waals surface area (Å²) in [4.78, 5) is 23.7. The zero-order valence-corrected chi connectivity index (χ0v) is 14.1. The molecule has 2 aromatic heterocycles. The number of aromatic amines is 1. The molecule has 0 unspecified atom stereocenters. The molecule has 0 aliphatic rings. The van der Waals surface area contributed by atoms with E-state index in [0.717, 1.165) is 27.3 Å². The van der Waals surface area contributed by atoms with Crippen molar-refractivity contribution >= 4 is 40.0 Å². The van der Waals surface area contributed by atoms with Crippen molar-refractivity contribution in [3.8, 4) is 10.6 Å². The molecule has 0 aliphatic carbocycles. The van der Waals surface area contributed by atoms with Gasteiger partial charge in [-0.15, -0.1) is 11.3 Å². The summed E-state index contributed by atoms with van der Waals surface area (Å²) in [5.74, 6) is 0.231. The molecule has 2 heterocycles. The van der Waals surface area contributed by atoms with Crippen LogP contribution in [0.4, 0.5) is 11.6 Å². The molecule has 2 aromatic carbocycles. The third kappa shape index (κ3) is 3.09. The molecule has 0 aliphatic heterocycles. The molecule has 0 spiro atoms. The Bertz CT molecular complexity index is 1040. The van der Waals surface area contributed by atoms with E-state index in [2.05, 4.69) is 20.3 Å². The summed E-state index contributed by atoms with van der Waals surface area (Å²) in [6.45, 7) is 0. The van der Waals surface area contributed by atoms with E-state index >= 15 is 0 Å². The molecular weight excluding hydrogens is 336 g/mol. The third-order valence-electron chi connectivity index (χ3n) is 3.71. The molecule has 0 fully saturated rings. The average molecular weight is 350 g/mol. The number of rotatable bonds is 4. The largest absolute Gasteiger partial charge is 0.465 e. The van der Waals surface area contributed by atoms with Crippen molar-refractivity contribution in [3.63, 3.8) is 0 Å². The van der Waals surface area contributed by atoms with Crippen LogP contribution < -0.4 is 5.32 Å². The Kier molecular flexibility index (Phi) is 3.91. The molecule has 0 atom stereocenters. The summed E-state index contributed by atoms with van der Waals surface area (Å²) in [7, 11) is 1.36. The fraction of sp³-hybridized carbons (Fsp3) is 0.0556. The van der Waals surface area contributed by atoms with Gasteiger partial charge in [-0.05, 0) is 36.4 Å². The Morgan fingerprint density at radius 3 is 2.96 bits per heavy atom. The van der Waals surface area contributed by atoms with Gasteiger partial charge >= 0.3 is 5.97 Å². The van der Waals surface area contributed by atoms with Crippen molar-refractivity contribution in [3.05, 3.63) is 59.6 Å². The number of imidazole rings is 1. The van der Waals surface area contributed by atoms with Crippen LogP contribution in [0.2, 0.25) is 0 Å². The van der Waals surface area contributed by atoms with Gasteiger partial charge < -0.3 is 15.0 Å². The molecule has 0 saturated heterocycles. The number of ether oxygens (including phenoxy) is 1. The number of hydrogen-bond donors (Lipinski definition) is 2. The number of aromatic nitrogens is 3. The highest BCUT2D eigenvalue weighted by atomic mass is 32.1. The highest BCUT2D eigenvalue weighted by Crippen LogP contribution is 2.26. The van der Waals surface area contributed by atoms with Gasteiger partial charge in [-0.3, -0.25) is 0 Å². The van der Waals surface area contributed by atoms with E-state index in [0.29, 0.717) is 11.5 Å². The van der Waals surface area contributed by atoms with Crippen molar-refractivity contribution in [2.24, 2.45) is 0 Å². The number of benzene rings is 2. The molecule has 25 heavy (non-hydrogen) atoms. The molecular formula is C18H14N4O2S. The zero-order chi connectivity index (χ0) is 17.2. The van der Waals surface area contributed by atoms with Gasteiger partial charge in [0.1, 0.15) is 5.01 Å². The number of hydrogen-bond acceptors (Lipinski definition) is 6. The molecule has 4 aromatic rings. The second-order valence-corrected chi connectivity index (χ2v) is 6.25. The van der Waals surface area contributed by atoms with Crippen LogP contribution in [0.1, 0.15) is 10.4 Å². The quantitative estimate of drug-likeness (QED) is 0.539. The Hall–Kier alpha value is -3.19. The summed E-state index contributed by atoms with van der Waals surface area (Å²) in [6.07, 6.45) is 1.79. The molecule has 0 bridgehead atoms. The Balaban J connectivity index is 1.63. The Morgan fingerprint density at radius 1 is 1.24 bits per heavy atom. The summed E-state index contributed by atoms with van der Waals surface area (Å²) < 4.78 is 4.74. The van der Waals surface area contributed by atoms with E-state index in [1.54, 1.807) is 35.7 Å². The number of nitrogens with one attached hydrogen (secondary N) is 2. The predicted octanol–water partition coefficient (Wildman–Crippen LogP) is 4.22. The molecule has 124 valence electrons. The van der Waals surface area contributed by atoms with Crippen molar-refractivity contribution in [1.82, 2.24) is 15.0 Å². The van der Waals surface area contributed by atoms with Crippen LogP contribution in [0, 0.1) is 0 Å². The van der Waals surface area contributed by atoms with Gasteiger partial charge in [-0.2, -0.15) is 0 Å². The lowest BCUT2D eigenvalue weighted by Gasteiger charge is -2.04. The second kappa shape index (κ2) is 6.37. The maximum atomic E-state index is 11.6. The first kappa shape index (κ1) is 15.3. The van der Waals surface area contributed by atoms with Gasteiger partial charge in [0.2, 0.25) is 5.95 Å². The predicted molar refractivity (Wildman–Crippen MR) is 98.3 cm³/mol. The lowest BCUT2D eigenvalue weighted by Crippen LogP contribution is -2.02. The van der Waals surface area contributed by atoms with Crippen molar-refractivity contribution in [2.75, 3.05) is 12.4 Å². The van der Waals surface area contributed by atoms with Crippen molar-refractivity contribution in [2.45, 2.75) is 0 Å². The third-order valence-corrected chi connectivity index (χ3v) is 4.53. The van der Waals surface area contributed by atoms with Crippen LogP contribution in [0.3, 0.4) is 0 Å². The van der Waals surface area contributed by atoms with Gasteiger partial charge in [0.25, 0.3) is 0 Å². The number of nitrogens with zero attached hydrogens (tertiary/aromatic N) is 2. The molecule has 0 saturated carbocycles. The van der Waals surface area contributed by atoms with E-state index in [9.17, 15) is 4.79 Å². The molecule has 6 nitrogen and oxygen atoms in total. The second-order valence-electron chi connectivity index (χ2n) is 5.35. The van der Waals surface area contributed by atoms with E-state index in [4.69, 9.17) is 4.74 Å². The molecule has 0 amide bonds. The molecule has 2 N–H and O–H groups in total. The fourth-order valence-corrected chi connectivity index (χ4v) is 3.18. The lowest BCUT2D eigenvalue weighted by atomic mass is 10.2. The minimum absolute atomic E-state index is 0.374. The van der Waals surface area contributed by atoms with E-state index in [1.807, 2.05) is 29.6 Å². The minimum Gasteiger partial charge on any atom is -0.465 e. The Labute approximate surface area is 147 Å². The zero-order valence-electron chi connectivity index (χ0n) is 13.3. The normalized spacial score (nSPS) is 10.8. The number of esters is 1. The first-order chi connectivity index (χ1) is 12.2. The molecule has 7 heteroatoms. The van der Waals surface area contributed by atoms with Gasteiger partial charge in [-0.25, -0.2) is 14.8 Å². The van der Waals surface area contributed by atoms with Crippen LogP contribution in [-0.2, 0) is 4.74 Å². The number of carbonyl (C=O) groups is 1. The van der Waals surface area contributed by atoms with Crippen LogP contribution in [0.25, 0.3) is 21.6 Å². The standard InChI is InChI=1S/C18H14N4O2S/c1-24-17(23)12-3-2-4-13(9-12)20-18-21-14-6-5-11(10-15(14)22-18)16-19-7-8-25-16/h2-10H,1H3,(H2,20,21,22). The topological polar surface area (TPSA) is 79.9 Å². The first-order valence-corrected chi connectivity index (χ1v) is 8.46. The minimum atomic E-state index is -0.374. The maximum absolute atomic E-state index is 11.6. The SMILES string of the molecule is COC(=O)c1cccc(Nc2nc3ccc(-c4nccs4)cc3[nH]2)c1. The highest BCUT2D eigenvalue weighted by Gasteiger charge is 2.09. The van der Waals surface area contributed by atoms with Crippen LogP contribution >= 0.6 is 11.3 Å².